The van der Waals surface area contributed by atoms with E-state index in [2.05, 4.69) is 15.9 Å². The predicted octanol–water partition coefficient (Wildman–Crippen LogP) is 4.35. The smallest absolute Gasteiger partial charge is 0.240 e. The molecule has 0 radical (unpaired) electrons. The van der Waals surface area contributed by atoms with Gasteiger partial charge in [0.2, 0.25) is 17.2 Å². The molecule has 192 valence electrons. The molecule has 6 unspecified atom stereocenters. The molecule has 3 saturated heterocycles. The quantitative estimate of drug-likeness (QED) is 0.334. The van der Waals surface area contributed by atoms with Crippen LogP contribution in [0.25, 0.3) is 11.0 Å². The molecule has 8 rings (SSSR count). The van der Waals surface area contributed by atoms with E-state index in [0.29, 0.717) is 27.9 Å². The standard InChI is InChI=1S/C30H20BrN3O5/c31-15-10-12-16(13-11-15)33-29(36)21-22(30(33)37)28-25-23(27(21)39-28)24(32-34(25)17-6-2-1-3-7-17)19-14-38-20-9-5-4-8-18(20)26(19)35/h1-14,21-23,25,27-28H. The summed E-state index contributed by atoms with van der Waals surface area (Å²) in [6.07, 6.45) is 0.296. The first kappa shape index (κ1) is 22.9. The molecular weight excluding hydrogens is 562 g/mol. The van der Waals surface area contributed by atoms with Crippen molar-refractivity contribution in [1.82, 2.24) is 0 Å². The lowest BCUT2D eigenvalue weighted by atomic mass is 9.70. The number of rotatable bonds is 3. The van der Waals surface area contributed by atoms with E-state index < -0.39 is 24.0 Å². The SMILES string of the molecule is O=C1C2C3OC(C2C(=O)N1c1ccc(Br)cc1)C1C3C(c2coc3ccccc3c2=O)=NN1c1ccccc1. The molecule has 3 aromatic carbocycles. The summed E-state index contributed by atoms with van der Waals surface area (Å²) in [7, 11) is 0. The van der Waals surface area contributed by atoms with Crippen molar-refractivity contribution < 1.29 is 18.7 Å². The van der Waals surface area contributed by atoms with E-state index >= 15 is 0 Å². The summed E-state index contributed by atoms with van der Waals surface area (Å²) in [6, 6.07) is 23.5. The van der Waals surface area contributed by atoms with Gasteiger partial charge in [0, 0.05) is 4.47 Å². The third-order valence-corrected chi connectivity index (χ3v) is 8.88. The molecule has 0 aliphatic carbocycles. The van der Waals surface area contributed by atoms with Crippen LogP contribution in [0.3, 0.4) is 0 Å². The molecule has 4 aliphatic rings. The lowest BCUT2D eigenvalue weighted by molar-refractivity contribution is -0.125. The van der Waals surface area contributed by atoms with Crippen LogP contribution in [-0.4, -0.2) is 35.8 Å². The Labute approximate surface area is 230 Å². The van der Waals surface area contributed by atoms with Gasteiger partial charge in [0.15, 0.2) is 0 Å². The van der Waals surface area contributed by atoms with Crippen LogP contribution in [0.1, 0.15) is 5.56 Å². The van der Waals surface area contributed by atoms with Crippen LogP contribution in [0.5, 0.6) is 0 Å². The summed E-state index contributed by atoms with van der Waals surface area (Å²) in [5.74, 6) is -2.20. The largest absolute Gasteiger partial charge is 0.463 e. The summed E-state index contributed by atoms with van der Waals surface area (Å²) in [4.78, 5) is 42.4. The zero-order chi connectivity index (χ0) is 26.4. The molecular formula is C30H20BrN3O5. The molecule has 4 aliphatic heterocycles. The van der Waals surface area contributed by atoms with Gasteiger partial charge in [-0.2, -0.15) is 5.10 Å². The molecule has 0 saturated carbocycles. The van der Waals surface area contributed by atoms with Crippen LogP contribution < -0.4 is 15.3 Å². The number of anilines is 2. The van der Waals surface area contributed by atoms with Crippen molar-refractivity contribution in [3.8, 4) is 0 Å². The second-order valence-corrected chi connectivity index (χ2v) is 11.2. The number of para-hydroxylation sites is 2. The van der Waals surface area contributed by atoms with Gasteiger partial charge in [-0.25, -0.2) is 4.90 Å². The first-order chi connectivity index (χ1) is 19.0. The van der Waals surface area contributed by atoms with Crippen molar-refractivity contribution in [2.45, 2.75) is 18.2 Å². The maximum absolute atomic E-state index is 13.8. The number of hydrazone groups is 1. The van der Waals surface area contributed by atoms with E-state index in [1.807, 2.05) is 53.5 Å². The first-order valence-electron chi connectivity index (χ1n) is 12.8. The molecule has 1 aromatic heterocycles. The number of hydrogen-bond acceptors (Lipinski definition) is 7. The van der Waals surface area contributed by atoms with Gasteiger partial charge in [-0.3, -0.25) is 19.4 Å². The fourth-order valence-electron chi connectivity index (χ4n) is 6.76. The fourth-order valence-corrected chi connectivity index (χ4v) is 7.02. The van der Waals surface area contributed by atoms with Gasteiger partial charge in [-0.05, 0) is 48.5 Å². The minimum absolute atomic E-state index is 0.186. The Kier molecular flexibility index (Phi) is 4.81. The van der Waals surface area contributed by atoms with Gasteiger partial charge in [0.1, 0.15) is 11.8 Å². The number of benzene rings is 3. The molecule has 0 spiro atoms. The number of carbonyl (C=O) groups is 2. The van der Waals surface area contributed by atoms with Crippen LogP contribution in [0.2, 0.25) is 0 Å². The lowest BCUT2D eigenvalue weighted by Crippen LogP contribution is -2.50. The van der Waals surface area contributed by atoms with Crippen LogP contribution >= 0.6 is 15.9 Å². The molecule has 6 atom stereocenters. The van der Waals surface area contributed by atoms with Crippen LogP contribution in [0.15, 0.2) is 104 Å². The number of amides is 2. The fraction of sp³-hybridized carbons (Fsp3) is 0.200. The number of halogens is 1. The van der Waals surface area contributed by atoms with Crippen molar-refractivity contribution in [2.75, 3.05) is 9.91 Å². The summed E-state index contributed by atoms with van der Waals surface area (Å²) in [6.45, 7) is 0. The van der Waals surface area contributed by atoms with Crippen LogP contribution in [0.4, 0.5) is 11.4 Å². The number of imide groups is 1. The summed E-state index contributed by atoms with van der Waals surface area (Å²) >= 11 is 3.41. The van der Waals surface area contributed by atoms with E-state index in [-0.39, 0.29) is 29.2 Å². The van der Waals surface area contributed by atoms with Crippen molar-refractivity contribution in [3.63, 3.8) is 0 Å². The zero-order valence-electron chi connectivity index (χ0n) is 20.3. The maximum atomic E-state index is 13.8. The molecule has 4 aromatic rings. The number of ether oxygens (including phenoxy) is 1. The molecule has 2 bridgehead atoms. The van der Waals surface area contributed by atoms with Crippen molar-refractivity contribution >= 4 is 55.8 Å². The van der Waals surface area contributed by atoms with Gasteiger partial charge in [-0.15, -0.1) is 0 Å². The molecule has 5 heterocycles. The third-order valence-electron chi connectivity index (χ3n) is 8.35. The van der Waals surface area contributed by atoms with Crippen molar-refractivity contribution in [2.24, 2.45) is 22.9 Å². The van der Waals surface area contributed by atoms with Gasteiger partial charge >= 0.3 is 0 Å². The van der Waals surface area contributed by atoms with Crippen LogP contribution in [-0.2, 0) is 14.3 Å². The van der Waals surface area contributed by atoms with Crippen LogP contribution in [0, 0.1) is 17.8 Å². The Morgan fingerprint density at radius 2 is 1.44 bits per heavy atom. The predicted molar refractivity (Wildman–Crippen MR) is 147 cm³/mol. The lowest BCUT2D eigenvalue weighted by Gasteiger charge is -2.32. The Bertz CT molecular complexity index is 1770. The second-order valence-electron chi connectivity index (χ2n) is 10.3. The minimum atomic E-state index is -0.652. The molecule has 39 heavy (non-hydrogen) atoms. The van der Waals surface area contributed by atoms with E-state index in [4.69, 9.17) is 14.3 Å². The molecule has 3 fully saturated rings. The molecule has 0 N–H and O–H groups in total. The zero-order valence-corrected chi connectivity index (χ0v) is 21.9. The van der Waals surface area contributed by atoms with E-state index in [1.165, 1.54) is 11.2 Å². The highest BCUT2D eigenvalue weighted by Gasteiger charge is 2.72. The number of hydrogen-bond donors (Lipinski definition) is 0. The molecule has 9 heteroatoms. The average molecular weight is 582 g/mol. The average Bonchev–Trinajstić information content (AvgIpc) is 3.70. The second kappa shape index (κ2) is 8.21. The highest BCUT2D eigenvalue weighted by Crippen LogP contribution is 2.56. The Hall–Kier alpha value is -4.08. The molecule has 2 amide bonds. The summed E-state index contributed by atoms with van der Waals surface area (Å²) < 4.78 is 13.2. The van der Waals surface area contributed by atoms with Gasteiger partial charge < -0.3 is 9.15 Å². The van der Waals surface area contributed by atoms with Gasteiger partial charge in [0.05, 0.1) is 64.0 Å². The number of carbonyl (C=O) groups excluding carboxylic acids is 2. The maximum Gasteiger partial charge on any atom is 0.240 e. The Morgan fingerprint density at radius 1 is 0.744 bits per heavy atom. The first-order valence-corrected chi connectivity index (χ1v) is 13.5. The highest BCUT2D eigenvalue weighted by atomic mass is 79.9. The Morgan fingerprint density at radius 3 is 2.21 bits per heavy atom. The highest BCUT2D eigenvalue weighted by molar-refractivity contribution is 9.10. The Balaban J connectivity index is 1.26. The van der Waals surface area contributed by atoms with Crippen molar-refractivity contribution in [1.29, 1.82) is 0 Å². The third kappa shape index (κ3) is 3.08. The number of nitrogens with zero attached hydrogens (tertiary/aromatic N) is 3. The normalized spacial score (nSPS) is 28.8. The van der Waals surface area contributed by atoms with Gasteiger partial charge in [-0.1, -0.05) is 46.3 Å². The van der Waals surface area contributed by atoms with E-state index in [0.717, 1.165) is 10.2 Å². The topological polar surface area (TPSA) is 92.4 Å². The summed E-state index contributed by atoms with van der Waals surface area (Å²) in [5.41, 5.74) is 2.53. The minimum Gasteiger partial charge on any atom is -0.463 e. The van der Waals surface area contributed by atoms with E-state index in [9.17, 15) is 14.4 Å². The van der Waals surface area contributed by atoms with Gasteiger partial charge in [0.25, 0.3) is 0 Å². The summed E-state index contributed by atoms with van der Waals surface area (Å²) in [5, 5.41) is 7.27. The monoisotopic (exact) mass is 581 g/mol. The number of fused-ring (bicyclic) bond motifs is 9. The van der Waals surface area contributed by atoms with E-state index in [1.54, 1.807) is 30.3 Å². The van der Waals surface area contributed by atoms with Crippen molar-refractivity contribution in [3.05, 3.63) is 105 Å². The molecule has 8 nitrogen and oxygen atoms in total.